The minimum absolute atomic E-state index is 0.274. The second-order valence-corrected chi connectivity index (χ2v) is 6.79. The van der Waals surface area contributed by atoms with Crippen molar-refractivity contribution in [3.63, 3.8) is 0 Å². The number of hydrogen-bond donors (Lipinski definition) is 1. The largest absolute Gasteiger partial charge is 0.240 e. The highest BCUT2D eigenvalue weighted by Crippen LogP contribution is 2.13. The zero-order chi connectivity index (χ0) is 13.8. The molecule has 0 aliphatic heterocycles. The molecule has 1 N–H and O–H groups in total. The fourth-order valence-corrected chi connectivity index (χ4v) is 2.68. The average molecular weight is 267 g/mol. The molecule has 0 aliphatic rings. The van der Waals surface area contributed by atoms with Gasteiger partial charge in [0.2, 0.25) is 10.0 Å². The number of rotatable bonds is 6. The summed E-state index contributed by atoms with van der Waals surface area (Å²) in [7, 11) is -3.41. The van der Waals surface area contributed by atoms with Gasteiger partial charge in [0, 0.05) is 6.54 Å². The van der Waals surface area contributed by atoms with Gasteiger partial charge in [0.05, 0.1) is 4.90 Å². The molecular formula is C14H21NO2S. The standard InChI is InChI=1S/C14H21NO2S/c1-11(2)9-13-5-7-14(8-6-13)18(16,17)15-10-12(3)4/h5-8,11,15H,3,9-10H2,1-2,4H3. The number of sulfonamides is 1. The van der Waals surface area contributed by atoms with Crippen molar-refractivity contribution < 1.29 is 8.42 Å². The van der Waals surface area contributed by atoms with Crippen molar-refractivity contribution in [3.05, 3.63) is 42.0 Å². The highest BCUT2D eigenvalue weighted by molar-refractivity contribution is 7.89. The summed E-state index contributed by atoms with van der Waals surface area (Å²) in [6, 6.07) is 7.04. The van der Waals surface area contributed by atoms with E-state index in [4.69, 9.17) is 0 Å². The molecule has 4 heteroatoms. The van der Waals surface area contributed by atoms with E-state index in [1.807, 2.05) is 12.1 Å². The van der Waals surface area contributed by atoms with E-state index in [1.165, 1.54) is 0 Å². The van der Waals surface area contributed by atoms with Crippen LogP contribution in [-0.2, 0) is 16.4 Å². The highest BCUT2D eigenvalue weighted by atomic mass is 32.2. The highest BCUT2D eigenvalue weighted by Gasteiger charge is 2.13. The number of benzene rings is 1. The zero-order valence-electron chi connectivity index (χ0n) is 11.2. The molecular weight excluding hydrogens is 246 g/mol. The minimum Gasteiger partial charge on any atom is -0.207 e. The third-order valence-electron chi connectivity index (χ3n) is 2.44. The first-order chi connectivity index (χ1) is 8.31. The van der Waals surface area contributed by atoms with E-state index in [-0.39, 0.29) is 6.54 Å². The van der Waals surface area contributed by atoms with Gasteiger partial charge in [0.1, 0.15) is 0 Å². The van der Waals surface area contributed by atoms with Crippen LogP contribution in [0, 0.1) is 5.92 Å². The Morgan fingerprint density at radius 3 is 2.28 bits per heavy atom. The number of hydrogen-bond acceptors (Lipinski definition) is 2. The molecule has 1 rings (SSSR count). The molecule has 0 saturated heterocycles. The molecule has 0 aliphatic carbocycles. The van der Waals surface area contributed by atoms with Crippen LogP contribution in [0.3, 0.4) is 0 Å². The fourth-order valence-electron chi connectivity index (χ4n) is 1.58. The van der Waals surface area contributed by atoms with Gasteiger partial charge < -0.3 is 0 Å². The van der Waals surface area contributed by atoms with Crippen LogP contribution in [0.25, 0.3) is 0 Å². The summed E-state index contributed by atoms with van der Waals surface area (Å²) >= 11 is 0. The topological polar surface area (TPSA) is 46.2 Å². The van der Waals surface area contributed by atoms with Crippen LogP contribution in [0.5, 0.6) is 0 Å². The van der Waals surface area contributed by atoms with Crippen LogP contribution in [-0.4, -0.2) is 15.0 Å². The van der Waals surface area contributed by atoms with E-state index in [1.54, 1.807) is 19.1 Å². The van der Waals surface area contributed by atoms with Gasteiger partial charge in [-0.25, -0.2) is 13.1 Å². The summed E-state index contributed by atoms with van der Waals surface area (Å²) in [5, 5.41) is 0. The lowest BCUT2D eigenvalue weighted by atomic mass is 10.0. The molecule has 100 valence electrons. The van der Waals surface area contributed by atoms with Crippen LogP contribution in [0.15, 0.2) is 41.3 Å². The SMILES string of the molecule is C=C(C)CNS(=O)(=O)c1ccc(CC(C)C)cc1. The first kappa shape index (κ1) is 14.9. The van der Waals surface area contributed by atoms with Crippen molar-refractivity contribution in [2.75, 3.05) is 6.54 Å². The van der Waals surface area contributed by atoms with Crippen LogP contribution in [0.1, 0.15) is 26.3 Å². The Labute approximate surface area is 110 Å². The first-order valence-corrected chi connectivity index (χ1v) is 7.52. The Morgan fingerprint density at radius 1 is 1.28 bits per heavy atom. The van der Waals surface area contributed by atoms with Crippen molar-refractivity contribution in [1.29, 1.82) is 0 Å². The Morgan fingerprint density at radius 2 is 1.83 bits per heavy atom. The lowest BCUT2D eigenvalue weighted by molar-refractivity contribution is 0.584. The lowest BCUT2D eigenvalue weighted by Gasteiger charge is -2.08. The molecule has 0 aromatic heterocycles. The molecule has 1 aromatic carbocycles. The van der Waals surface area contributed by atoms with Crippen LogP contribution < -0.4 is 4.72 Å². The second kappa shape index (κ2) is 6.16. The number of nitrogens with one attached hydrogen (secondary N) is 1. The summed E-state index contributed by atoms with van der Waals surface area (Å²) in [5.41, 5.74) is 1.94. The predicted octanol–water partition coefficient (Wildman–Crippen LogP) is 2.74. The third kappa shape index (κ3) is 4.63. The molecule has 0 heterocycles. The van der Waals surface area contributed by atoms with Gasteiger partial charge >= 0.3 is 0 Å². The summed E-state index contributed by atoms with van der Waals surface area (Å²) in [6.45, 7) is 10.0. The van der Waals surface area contributed by atoms with Crippen molar-refractivity contribution in [2.45, 2.75) is 32.1 Å². The van der Waals surface area contributed by atoms with Gasteiger partial charge in [-0.1, -0.05) is 38.1 Å². The van der Waals surface area contributed by atoms with Crippen molar-refractivity contribution in [1.82, 2.24) is 4.72 Å². The van der Waals surface area contributed by atoms with Gasteiger partial charge in [-0.3, -0.25) is 0 Å². The summed E-state index contributed by atoms with van der Waals surface area (Å²) < 4.78 is 26.3. The molecule has 3 nitrogen and oxygen atoms in total. The normalized spacial score (nSPS) is 11.8. The minimum atomic E-state index is -3.41. The van der Waals surface area contributed by atoms with Gasteiger partial charge in [0.15, 0.2) is 0 Å². The molecule has 0 radical (unpaired) electrons. The van der Waals surface area contributed by atoms with Gasteiger partial charge in [-0.2, -0.15) is 0 Å². The molecule has 0 atom stereocenters. The maximum atomic E-state index is 11.9. The zero-order valence-corrected chi connectivity index (χ0v) is 12.0. The Kier molecular flexibility index (Phi) is 5.11. The average Bonchev–Trinajstić information content (AvgIpc) is 2.26. The Balaban J connectivity index is 2.81. The van der Waals surface area contributed by atoms with Gasteiger partial charge in [-0.05, 0) is 37.0 Å². The Hall–Kier alpha value is -1.13. The first-order valence-electron chi connectivity index (χ1n) is 6.04. The third-order valence-corrected chi connectivity index (χ3v) is 3.86. The smallest absolute Gasteiger partial charge is 0.207 e. The second-order valence-electron chi connectivity index (χ2n) is 5.02. The molecule has 1 aromatic rings. The molecule has 0 unspecified atom stereocenters. The fraction of sp³-hybridized carbons (Fsp3) is 0.429. The van der Waals surface area contributed by atoms with E-state index in [0.29, 0.717) is 10.8 Å². The Bertz CT molecular complexity index is 501. The molecule has 0 spiro atoms. The van der Waals surface area contributed by atoms with Crippen LogP contribution in [0.2, 0.25) is 0 Å². The van der Waals surface area contributed by atoms with E-state index >= 15 is 0 Å². The van der Waals surface area contributed by atoms with Gasteiger partial charge in [-0.15, -0.1) is 0 Å². The monoisotopic (exact) mass is 267 g/mol. The lowest BCUT2D eigenvalue weighted by Crippen LogP contribution is -2.25. The summed E-state index contributed by atoms with van der Waals surface area (Å²) in [5.74, 6) is 0.564. The van der Waals surface area contributed by atoms with Gasteiger partial charge in [0.25, 0.3) is 0 Å². The quantitative estimate of drug-likeness (QED) is 0.806. The van der Waals surface area contributed by atoms with Crippen molar-refractivity contribution >= 4 is 10.0 Å². The van der Waals surface area contributed by atoms with E-state index in [2.05, 4.69) is 25.1 Å². The van der Waals surface area contributed by atoms with Crippen LogP contribution >= 0.6 is 0 Å². The predicted molar refractivity (Wildman–Crippen MR) is 75.0 cm³/mol. The molecule has 0 amide bonds. The van der Waals surface area contributed by atoms with E-state index < -0.39 is 10.0 Å². The summed E-state index contributed by atoms with van der Waals surface area (Å²) in [4.78, 5) is 0.302. The summed E-state index contributed by atoms with van der Waals surface area (Å²) in [6.07, 6.45) is 0.958. The maximum Gasteiger partial charge on any atom is 0.240 e. The molecule has 0 bridgehead atoms. The van der Waals surface area contributed by atoms with Crippen molar-refractivity contribution in [2.24, 2.45) is 5.92 Å². The van der Waals surface area contributed by atoms with E-state index in [0.717, 1.165) is 17.6 Å². The maximum absolute atomic E-state index is 11.9. The van der Waals surface area contributed by atoms with Crippen molar-refractivity contribution in [3.8, 4) is 0 Å². The van der Waals surface area contributed by atoms with E-state index in [9.17, 15) is 8.42 Å². The molecule has 0 fully saturated rings. The molecule has 18 heavy (non-hydrogen) atoms. The van der Waals surface area contributed by atoms with Crippen LogP contribution in [0.4, 0.5) is 0 Å². The molecule has 0 saturated carbocycles.